The maximum atomic E-state index is 13.5. The van der Waals surface area contributed by atoms with Crippen LogP contribution in [0.4, 0.5) is 4.79 Å². The number of amides is 2. The molecule has 6 rings (SSSR count). The zero-order chi connectivity index (χ0) is 32.8. The zero-order valence-corrected chi connectivity index (χ0v) is 29.1. The molecule has 0 aromatic carbocycles. The van der Waals surface area contributed by atoms with Crippen molar-refractivity contribution in [3.05, 3.63) is 22.6 Å². The summed E-state index contributed by atoms with van der Waals surface area (Å²) >= 11 is 0.688. The molecule has 0 aromatic rings. The Kier molecular flexibility index (Phi) is 7.62. The van der Waals surface area contributed by atoms with Gasteiger partial charge >= 0.3 is 11.9 Å². The SMILES string of the molecule is COC(=O)[C@]12CCC(C)(C)C[C@@H]1C1=CC[C@H]3[C@@]4(C)CC/C(=N/OC(=O)/C=C5\SC(=O)NC5=O)C(C)(C)[C@@H]4CC[C@@]3(C)[C@]1(C)CC2. The molecule has 8 nitrogen and oxygen atoms in total. The lowest BCUT2D eigenvalue weighted by molar-refractivity contribution is -0.181. The predicted molar refractivity (Wildman–Crippen MR) is 174 cm³/mol. The van der Waals surface area contributed by atoms with Crippen molar-refractivity contribution in [2.75, 3.05) is 7.11 Å². The molecule has 0 unspecified atom stereocenters. The Bertz CT molecular complexity index is 1440. The molecule has 7 atom stereocenters. The quantitative estimate of drug-likeness (QED) is 0.111. The lowest BCUT2D eigenvalue weighted by Crippen LogP contribution is -2.64. The summed E-state index contributed by atoms with van der Waals surface area (Å²) in [7, 11) is 1.56. The van der Waals surface area contributed by atoms with Crippen molar-refractivity contribution in [2.24, 2.45) is 55.4 Å². The van der Waals surface area contributed by atoms with E-state index in [0.717, 1.165) is 76.0 Å². The molecule has 9 heteroatoms. The lowest BCUT2D eigenvalue weighted by atomic mass is 9.33. The highest BCUT2D eigenvalue weighted by Gasteiger charge is 2.69. The van der Waals surface area contributed by atoms with Crippen molar-refractivity contribution in [3.63, 3.8) is 0 Å². The molecule has 4 saturated carbocycles. The van der Waals surface area contributed by atoms with Crippen LogP contribution >= 0.6 is 11.8 Å². The van der Waals surface area contributed by atoms with Gasteiger partial charge in [0.1, 0.15) is 0 Å². The van der Waals surface area contributed by atoms with Crippen molar-refractivity contribution in [1.29, 1.82) is 0 Å². The molecule has 1 aliphatic heterocycles. The standard InChI is InChI=1S/C36H50N2O6S/c1-31(2)15-17-36(29(41)43-8)18-16-34(6)21(22(36)20-31)9-10-25-33(5)13-12-26(32(3,4)24(33)11-14-35(25,34)7)38-44-27(39)19-23-28(40)37-30(42)45-23/h9,19,22,24-25H,10-18,20H2,1-8H3,(H,37,40,42)/b23-19-,38-26-/t22-,24+,25+,33+,34-,35-,36+/m1/s1. The second-order valence-corrected chi connectivity index (χ2v) is 17.9. The third-order valence-electron chi connectivity index (χ3n) is 14.1. The molecule has 5 fully saturated rings. The van der Waals surface area contributed by atoms with Crippen LogP contribution in [-0.2, 0) is 24.0 Å². The summed E-state index contributed by atoms with van der Waals surface area (Å²) in [6.07, 6.45) is 13.4. The summed E-state index contributed by atoms with van der Waals surface area (Å²) in [5.74, 6) is -0.263. The minimum Gasteiger partial charge on any atom is -0.469 e. The first kappa shape index (κ1) is 32.5. The molecule has 6 aliphatic rings. The molecule has 246 valence electrons. The van der Waals surface area contributed by atoms with Crippen LogP contribution in [0.25, 0.3) is 0 Å². The van der Waals surface area contributed by atoms with E-state index in [1.165, 1.54) is 5.57 Å². The van der Waals surface area contributed by atoms with Crippen LogP contribution in [0.2, 0.25) is 0 Å². The van der Waals surface area contributed by atoms with E-state index in [2.05, 4.69) is 65.0 Å². The van der Waals surface area contributed by atoms with Gasteiger partial charge in [0.2, 0.25) is 0 Å². The van der Waals surface area contributed by atoms with Crippen LogP contribution in [0.3, 0.4) is 0 Å². The summed E-state index contributed by atoms with van der Waals surface area (Å²) in [6.45, 7) is 16.8. The van der Waals surface area contributed by atoms with Gasteiger partial charge in [0.25, 0.3) is 11.1 Å². The van der Waals surface area contributed by atoms with Crippen LogP contribution in [0.1, 0.15) is 113 Å². The molecular weight excluding hydrogens is 588 g/mol. The average molecular weight is 639 g/mol. The Morgan fingerprint density at radius 1 is 0.978 bits per heavy atom. The van der Waals surface area contributed by atoms with Gasteiger partial charge in [-0.25, -0.2) is 4.79 Å². The summed E-state index contributed by atoms with van der Waals surface area (Å²) in [6, 6.07) is 0. The van der Waals surface area contributed by atoms with E-state index >= 15 is 0 Å². The number of ether oxygens (including phenoxy) is 1. The van der Waals surface area contributed by atoms with Crippen molar-refractivity contribution < 1.29 is 28.8 Å². The van der Waals surface area contributed by atoms with Crippen molar-refractivity contribution in [1.82, 2.24) is 5.32 Å². The number of methoxy groups -OCH3 is 1. The Morgan fingerprint density at radius 3 is 2.36 bits per heavy atom. The zero-order valence-electron chi connectivity index (χ0n) is 28.3. The third kappa shape index (κ3) is 4.71. The number of imide groups is 1. The number of thioether (sulfide) groups is 1. The summed E-state index contributed by atoms with van der Waals surface area (Å²) < 4.78 is 5.51. The Labute approximate surface area is 271 Å². The predicted octanol–water partition coefficient (Wildman–Crippen LogP) is 7.73. The third-order valence-corrected chi connectivity index (χ3v) is 15.0. The van der Waals surface area contributed by atoms with E-state index in [9.17, 15) is 19.2 Å². The first-order valence-electron chi connectivity index (χ1n) is 16.8. The molecule has 0 radical (unpaired) electrons. The molecular formula is C36H50N2O6S. The lowest BCUT2D eigenvalue weighted by Gasteiger charge is -2.70. The number of allylic oxidation sites excluding steroid dienone is 2. The van der Waals surface area contributed by atoms with Crippen molar-refractivity contribution in [2.45, 2.75) is 113 Å². The first-order chi connectivity index (χ1) is 20.9. The molecule has 1 heterocycles. The molecule has 2 amide bonds. The highest BCUT2D eigenvalue weighted by atomic mass is 32.2. The molecule has 1 saturated heterocycles. The number of esters is 1. The normalized spacial score (nSPS) is 43.3. The molecule has 0 aromatic heterocycles. The number of nitrogens with one attached hydrogen (secondary N) is 1. The van der Waals surface area contributed by atoms with E-state index in [1.807, 2.05) is 0 Å². The van der Waals surface area contributed by atoms with Gasteiger partial charge < -0.3 is 9.57 Å². The Morgan fingerprint density at radius 2 is 1.69 bits per heavy atom. The van der Waals surface area contributed by atoms with Crippen molar-refractivity contribution >= 4 is 40.6 Å². The van der Waals surface area contributed by atoms with Gasteiger partial charge in [-0.1, -0.05) is 65.3 Å². The molecule has 0 spiro atoms. The smallest absolute Gasteiger partial charge is 0.359 e. The van der Waals surface area contributed by atoms with Gasteiger partial charge in [-0.05, 0) is 115 Å². The fraction of sp³-hybridized carbons (Fsp3) is 0.750. The number of oxime groups is 1. The Hall–Kier alpha value is -2.42. The van der Waals surface area contributed by atoms with E-state index < -0.39 is 22.5 Å². The summed E-state index contributed by atoms with van der Waals surface area (Å²) in [5, 5.41) is 6.02. The molecule has 45 heavy (non-hydrogen) atoms. The number of hydrogen-bond acceptors (Lipinski definition) is 8. The van der Waals surface area contributed by atoms with Gasteiger partial charge in [-0.3, -0.25) is 19.7 Å². The fourth-order valence-electron chi connectivity index (χ4n) is 11.4. The maximum Gasteiger partial charge on any atom is 0.359 e. The largest absolute Gasteiger partial charge is 0.469 e. The van der Waals surface area contributed by atoms with Gasteiger partial charge in [0.05, 0.1) is 23.1 Å². The van der Waals surface area contributed by atoms with E-state index in [0.29, 0.717) is 23.6 Å². The number of rotatable bonds is 3. The van der Waals surface area contributed by atoms with Crippen molar-refractivity contribution in [3.8, 4) is 0 Å². The second kappa shape index (κ2) is 10.5. The number of carbonyl (C=O) groups is 4. The summed E-state index contributed by atoms with van der Waals surface area (Å²) in [5.41, 5.74) is 2.13. The number of hydrogen-bond donors (Lipinski definition) is 1. The minimum atomic E-state index is -0.751. The minimum absolute atomic E-state index is 0.00890. The van der Waals surface area contributed by atoms with Gasteiger partial charge in [-0.2, -0.15) is 0 Å². The van der Waals surface area contributed by atoms with Gasteiger partial charge in [-0.15, -0.1) is 0 Å². The van der Waals surface area contributed by atoms with Crippen LogP contribution in [0.5, 0.6) is 0 Å². The topological polar surface area (TPSA) is 111 Å². The van der Waals surface area contributed by atoms with Crippen LogP contribution < -0.4 is 5.32 Å². The average Bonchev–Trinajstić information content (AvgIpc) is 3.27. The maximum absolute atomic E-state index is 13.5. The number of nitrogens with zero attached hydrogens (tertiary/aromatic N) is 1. The molecule has 1 N–H and O–H groups in total. The first-order valence-corrected chi connectivity index (χ1v) is 17.6. The van der Waals surface area contributed by atoms with Gasteiger partial charge in [0.15, 0.2) is 0 Å². The second-order valence-electron chi connectivity index (χ2n) is 16.9. The monoisotopic (exact) mass is 638 g/mol. The van der Waals surface area contributed by atoms with Gasteiger partial charge in [0, 0.05) is 11.5 Å². The van der Waals surface area contributed by atoms with Crippen LogP contribution in [0, 0.1) is 50.2 Å². The highest BCUT2D eigenvalue weighted by Crippen LogP contribution is 2.75. The van der Waals surface area contributed by atoms with Crippen LogP contribution in [-0.4, -0.2) is 35.9 Å². The summed E-state index contributed by atoms with van der Waals surface area (Å²) in [4.78, 5) is 54.7. The Balaban J connectivity index is 1.29. The van der Waals surface area contributed by atoms with Crippen LogP contribution in [0.15, 0.2) is 27.8 Å². The van der Waals surface area contributed by atoms with E-state index in [4.69, 9.17) is 9.57 Å². The fourth-order valence-corrected chi connectivity index (χ4v) is 12.1. The van der Waals surface area contributed by atoms with E-state index in [1.54, 1.807) is 7.11 Å². The molecule has 0 bridgehead atoms. The van der Waals surface area contributed by atoms with E-state index in [-0.39, 0.29) is 43.9 Å². The number of fused-ring (bicyclic) bond motifs is 7. The molecule has 5 aliphatic carbocycles. The highest BCUT2D eigenvalue weighted by molar-refractivity contribution is 8.18. The number of carbonyl (C=O) groups excluding carboxylic acids is 4.